The van der Waals surface area contributed by atoms with Gasteiger partial charge in [0, 0.05) is 6.54 Å². The van der Waals surface area contributed by atoms with Crippen LogP contribution in [0.5, 0.6) is 0 Å². The number of isocyanates is 1. The molecular weight excluding hydrogens is 300 g/mol. The molecule has 1 fully saturated rings. The highest BCUT2D eigenvalue weighted by molar-refractivity contribution is 7.89. The van der Waals surface area contributed by atoms with Crippen molar-refractivity contribution >= 4 is 27.7 Å². The Labute approximate surface area is 123 Å². The van der Waals surface area contributed by atoms with Crippen molar-refractivity contribution in [1.29, 1.82) is 0 Å². The minimum atomic E-state index is -3.77. The number of carbonyl (C=O) groups excluding carboxylic acids is 1. The lowest BCUT2D eigenvalue weighted by molar-refractivity contribution is 0.194. The van der Waals surface area contributed by atoms with Crippen LogP contribution in [0.25, 0.3) is 0 Å². The molecule has 2 rings (SSSR count). The van der Waals surface area contributed by atoms with Crippen molar-refractivity contribution in [2.24, 2.45) is 10.9 Å². The first-order valence-electron chi connectivity index (χ1n) is 6.32. The topological polar surface area (TPSA) is 66.8 Å². The molecule has 0 bridgehead atoms. The molecule has 108 valence electrons. The second-order valence-electron chi connectivity index (χ2n) is 4.80. The molecule has 2 atom stereocenters. The Kier molecular flexibility index (Phi) is 4.60. The number of sulfonamides is 1. The molecule has 1 aliphatic rings. The van der Waals surface area contributed by atoms with Crippen LogP contribution in [0.4, 0.5) is 0 Å². The van der Waals surface area contributed by atoms with Crippen molar-refractivity contribution in [1.82, 2.24) is 4.31 Å². The van der Waals surface area contributed by atoms with Gasteiger partial charge in [-0.25, -0.2) is 13.2 Å². The van der Waals surface area contributed by atoms with Crippen LogP contribution in [0.3, 0.4) is 0 Å². The molecule has 7 heteroatoms. The molecule has 1 saturated heterocycles. The third-order valence-electron chi connectivity index (χ3n) is 3.45. The molecule has 20 heavy (non-hydrogen) atoms. The summed E-state index contributed by atoms with van der Waals surface area (Å²) < 4.78 is 26.6. The number of benzene rings is 1. The van der Waals surface area contributed by atoms with E-state index in [0.29, 0.717) is 6.54 Å². The van der Waals surface area contributed by atoms with Gasteiger partial charge in [-0.1, -0.05) is 30.7 Å². The second kappa shape index (κ2) is 6.06. The zero-order valence-corrected chi connectivity index (χ0v) is 12.6. The first-order valence-corrected chi connectivity index (χ1v) is 8.13. The third-order valence-corrected chi connectivity index (χ3v) is 5.82. The van der Waals surface area contributed by atoms with Gasteiger partial charge in [-0.05, 0) is 30.9 Å². The molecule has 0 spiro atoms. The lowest BCUT2D eigenvalue weighted by Crippen LogP contribution is -2.46. The summed E-state index contributed by atoms with van der Waals surface area (Å²) in [6.07, 6.45) is 2.32. The lowest BCUT2D eigenvalue weighted by atomic mass is 9.98. The summed E-state index contributed by atoms with van der Waals surface area (Å²) >= 11 is 5.98. The predicted molar refractivity (Wildman–Crippen MR) is 75.7 cm³/mol. The molecule has 1 aromatic carbocycles. The number of piperidine rings is 1. The van der Waals surface area contributed by atoms with Crippen molar-refractivity contribution in [3.8, 4) is 0 Å². The summed E-state index contributed by atoms with van der Waals surface area (Å²) in [6.45, 7) is 2.20. The highest BCUT2D eigenvalue weighted by atomic mass is 35.5. The van der Waals surface area contributed by atoms with Crippen LogP contribution in [0.2, 0.25) is 5.02 Å². The molecule has 5 nitrogen and oxygen atoms in total. The molecular formula is C13H15ClN2O3S. The number of hydrogen-bond donors (Lipinski definition) is 0. The number of hydrogen-bond acceptors (Lipinski definition) is 4. The summed E-state index contributed by atoms with van der Waals surface area (Å²) in [5.41, 5.74) is 0. The first kappa shape index (κ1) is 15.2. The van der Waals surface area contributed by atoms with Gasteiger partial charge >= 0.3 is 0 Å². The number of aliphatic imine (C=N–C) groups is 1. The van der Waals surface area contributed by atoms with E-state index in [0.717, 1.165) is 12.8 Å². The standard InChI is InChI=1S/C13H15ClN2O3S/c1-10-5-4-8-16(13(10)15-9-17)20(18,19)12-7-3-2-6-11(12)14/h2-3,6-7,10,13H,4-5,8H2,1H3. The average molecular weight is 315 g/mol. The summed E-state index contributed by atoms with van der Waals surface area (Å²) in [4.78, 5) is 14.3. The molecule has 2 unspecified atom stereocenters. The molecule has 1 heterocycles. The van der Waals surface area contributed by atoms with Crippen LogP contribution in [-0.4, -0.2) is 31.5 Å². The maximum absolute atomic E-state index is 12.7. The van der Waals surface area contributed by atoms with Crippen LogP contribution in [0.15, 0.2) is 34.2 Å². The van der Waals surface area contributed by atoms with E-state index in [2.05, 4.69) is 4.99 Å². The summed E-state index contributed by atoms with van der Waals surface area (Å²) in [5, 5.41) is 0.166. The van der Waals surface area contributed by atoms with Crippen molar-refractivity contribution in [3.63, 3.8) is 0 Å². The van der Waals surface area contributed by atoms with Crippen LogP contribution in [-0.2, 0) is 14.8 Å². The van der Waals surface area contributed by atoms with Gasteiger partial charge in [0.15, 0.2) is 0 Å². The first-order chi connectivity index (χ1) is 9.48. The summed E-state index contributed by atoms with van der Waals surface area (Å²) in [5.74, 6) is -0.0255. The fourth-order valence-corrected chi connectivity index (χ4v) is 4.58. The van der Waals surface area contributed by atoms with E-state index in [1.165, 1.54) is 22.5 Å². The Morgan fingerprint density at radius 1 is 1.40 bits per heavy atom. The van der Waals surface area contributed by atoms with E-state index >= 15 is 0 Å². The van der Waals surface area contributed by atoms with Gasteiger partial charge in [0.1, 0.15) is 11.1 Å². The molecule has 0 aliphatic carbocycles. The van der Waals surface area contributed by atoms with Gasteiger partial charge in [-0.3, -0.25) is 0 Å². The number of nitrogens with zero attached hydrogens (tertiary/aromatic N) is 2. The van der Waals surface area contributed by atoms with Crippen LogP contribution in [0, 0.1) is 5.92 Å². The molecule has 1 aliphatic heterocycles. The van der Waals surface area contributed by atoms with Gasteiger partial charge in [0.25, 0.3) is 0 Å². The minimum Gasteiger partial charge on any atom is -0.211 e. The van der Waals surface area contributed by atoms with Crippen molar-refractivity contribution < 1.29 is 13.2 Å². The number of halogens is 1. The van der Waals surface area contributed by atoms with Gasteiger partial charge in [0.2, 0.25) is 16.1 Å². The number of rotatable bonds is 3. The Bertz CT molecular complexity index is 641. The van der Waals surface area contributed by atoms with E-state index in [-0.39, 0.29) is 15.8 Å². The van der Waals surface area contributed by atoms with Crippen LogP contribution in [0.1, 0.15) is 19.8 Å². The molecule has 0 saturated carbocycles. The Morgan fingerprint density at radius 2 is 2.10 bits per heavy atom. The van der Waals surface area contributed by atoms with Crippen molar-refractivity contribution in [3.05, 3.63) is 29.3 Å². The largest absolute Gasteiger partial charge is 0.246 e. The van der Waals surface area contributed by atoms with E-state index < -0.39 is 16.2 Å². The lowest BCUT2D eigenvalue weighted by Gasteiger charge is -2.35. The van der Waals surface area contributed by atoms with E-state index in [4.69, 9.17) is 11.6 Å². The highest BCUT2D eigenvalue weighted by Crippen LogP contribution is 2.32. The Balaban J connectivity index is 2.47. The van der Waals surface area contributed by atoms with Gasteiger partial charge in [-0.2, -0.15) is 9.30 Å². The minimum absolute atomic E-state index is 0.0255. The Morgan fingerprint density at radius 3 is 2.75 bits per heavy atom. The fourth-order valence-electron chi connectivity index (χ4n) is 2.42. The second-order valence-corrected chi connectivity index (χ2v) is 7.07. The zero-order chi connectivity index (χ0) is 14.8. The summed E-state index contributed by atoms with van der Waals surface area (Å²) in [7, 11) is -3.77. The van der Waals surface area contributed by atoms with Crippen LogP contribution < -0.4 is 0 Å². The zero-order valence-electron chi connectivity index (χ0n) is 11.0. The summed E-state index contributed by atoms with van der Waals surface area (Å²) in [6, 6.07) is 6.27. The van der Waals surface area contributed by atoms with E-state index in [1.807, 2.05) is 6.92 Å². The molecule has 0 amide bonds. The smallest absolute Gasteiger partial charge is 0.211 e. The van der Waals surface area contributed by atoms with Gasteiger partial charge in [0.05, 0.1) is 5.02 Å². The molecule has 0 aromatic heterocycles. The molecule has 1 aromatic rings. The van der Waals surface area contributed by atoms with Gasteiger partial charge < -0.3 is 0 Å². The predicted octanol–water partition coefficient (Wildman–Crippen LogP) is 2.42. The third kappa shape index (κ3) is 2.79. The van der Waals surface area contributed by atoms with E-state index in [9.17, 15) is 13.2 Å². The molecule has 0 N–H and O–H groups in total. The van der Waals surface area contributed by atoms with Gasteiger partial charge in [-0.15, -0.1) is 0 Å². The molecule has 0 radical (unpaired) electrons. The van der Waals surface area contributed by atoms with Crippen molar-refractivity contribution in [2.75, 3.05) is 6.54 Å². The average Bonchev–Trinajstić information content (AvgIpc) is 2.41. The highest BCUT2D eigenvalue weighted by Gasteiger charge is 2.38. The van der Waals surface area contributed by atoms with Crippen molar-refractivity contribution in [2.45, 2.75) is 30.8 Å². The maximum Gasteiger partial charge on any atom is 0.246 e. The normalized spacial score (nSPS) is 24.1. The fraction of sp³-hybridized carbons (Fsp3) is 0.462. The monoisotopic (exact) mass is 314 g/mol. The Hall–Kier alpha value is -1.20. The van der Waals surface area contributed by atoms with Crippen LogP contribution >= 0.6 is 11.6 Å². The quantitative estimate of drug-likeness (QED) is 0.635. The van der Waals surface area contributed by atoms with E-state index in [1.54, 1.807) is 12.1 Å². The maximum atomic E-state index is 12.7. The SMILES string of the molecule is CC1CCCN(S(=O)(=O)c2ccccc2Cl)C1N=C=O.